The second kappa shape index (κ2) is 3.71. The van der Waals surface area contributed by atoms with E-state index in [0.717, 1.165) is 11.8 Å². The van der Waals surface area contributed by atoms with Crippen LogP contribution in [0.4, 0.5) is 0 Å². The van der Waals surface area contributed by atoms with Gasteiger partial charge in [0, 0.05) is 0 Å². The largest absolute Gasteiger partial charge is 0.370 e. The average molecular weight is 236 g/mol. The molecule has 2 nitrogen and oxygen atoms in total. The number of hydrogen-bond acceptors (Lipinski definition) is 2. The fourth-order valence-corrected chi connectivity index (χ4v) is 4.51. The molecule has 6 atom stereocenters. The van der Waals surface area contributed by atoms with Crippen LogP contribution in [0.15, 0.2) is 0 Å². The molecular weight excluding hydrogens is 212 g/mol. The Morgan fingerprint density at radius 1 is 1.00 bits per heavy atom. The maximum atomic E-state index is 6.06. The summed E-state index contributed by atoms with van der Waals surface area (Å²) in [6, 6.07) is 0. The molecule has 96 valence electrons. The molecule has 2 aliphatic carbocycles. The van der Waals surface area contributed by atoms with Crippen molar-refractivity contribution < 1.29 is 9.47 Å². The van der Waals surface area contributed by atoms with Crippen molar-refractivity contribution in [2.45, 2.75) is 82.2 Å². The molecule has 4 fully saturated rings. The summed E-state index contributed by atoms with van der Waals surface area (Å²) in [5.41, 5.74) is 0.261. The molecule has 2 saturated carbocycles. The normalized spacial score (nSPS) is 57.4. The Kier molecular flexibility index (Phi) is 2.36. The van der Waals surface area contributed by atoms with E-state index in [1.54, 1.807) is 0 Å². The fraction of sp³-hybridized carbons (Fsp3) is 1.00. The second-order valence-electron chi connectivity index (χ2n) is 6.90. The summed E-state index contributed by atoms with van der Waals surface area (Å²) in [5.74, 6) is 1.72. The smallest absolute Gasteiger partial charge is 0.0923 e. The highest BCUT2D eigenvalue weighted by atomic mass is 16.6. The fourth-order valence-electron chi connectivity index (χ4n) is 4.51. The van der Waals surface area contributed by atoms with Crippen molar-refractivity contribution in [1.29, 1.82) is 0 Å². The first-order valence-electron chi connectivity index (χ1n) is 7.59. The van der Waals surface area contributed by atoms with Crippen molar-refractivity contribution in [1.82, 2.24) is 0 Å². The van der Waals surface area contributed by atoms with Crippen LogP contribution in [0.3, 0.4) is 0 Å². The van der Waals surface area contributed by atoms with Gasteiger partial charge >= 0.3 is 0 Å². The van der Waals surface area contributed by atoms with Gasteiger partial charge in [-0.2, -0.15) is 0 Å². The number of ether oxygens (including phenoxy) is 2. The average Bonchev–Trinajstić information content (AvgIpc) is 3.10. The lowest BCUT2D eigenvalue weighted by molar-refractivity contribution is 0.180. The van der Waals surface area contributed by atoms with Crippen LogP contribution in [0.5, 0.6) is 0 Å². The van der Waals surface area contributed by atoms with Gasteiger partial charge in [-0.25, -0.2) is 0 Å². The summed E-state index contributed by atoms with van der Waals surface area (Å²) in [7, 11) is 0. The molecule has 4 aliphatic rings. The van der Waals surface area contributed by atoms with Gasteiger partial charge in [-0.05, 0) is 50.9 Å². The van der Waals surface area contributed by atoms with Crippen molar-refractivity contribution in [3.8, 4) is 0 Å². The minimum atomic E-state index is 0.261. The van der Waals surface area contributed by atoms with Crippen molar-refractivity contribution in [2.24, 2.45) is 11.8 Å². The molecule has 2 heteroatoms. The summed E-state index contributed by atoms with van der Waals surface area (Å²) in [6.07, 6.45) is 12.8. The summed E-state index contributed by atoms with van der Waals surface area (Å²) in [5, 5.41) is 0. The summed E-state index contributed by atoms with van der Waals surface area (Å²) in [4.78, 5) is 0. The van der Waals surface area contributed by atoms with E-state index in [1.165, 1.54) is 51.4 Å². The van der Waals surface area contributed by atoms with Gasteiger partial charge in [0.25, 0.3) is 0 Å². The quantitative estimate of drug-likeness (QED) is 0.653. The van der Waals surface area contributed by atoms with E-state index >= 15 is 0 Å². The molecule has 0 aromatic carbocycles. The number of fused-ring (bicyclic) bond motifs is 2. The van der Waals surface area contributed by atoms with Crippen LogP contribution in [-0.2, 0) is 9.47 Å². The van der Waals surface area contributed by atoms with E-state index in [1.807, 2.05) is 0 Å². The Hall–Kier alpha value is -0.0800. The van der Waals surface area contributed by atoms with Crippen LogP contribution >= 0.6 is 0 Å². The van der Waals surface area contributed by atoms with Gasteiger partial charge in [0.05, 0.1) is 23.9 Å². The maximum Gasteiger partial charge on any atom is 0.0923 e. The minimum absolute atomic E-state index is 0.261. The molecule has 0 spiro atoms. The zero-order valence-electron chi connectivity index (χ0n) is 10.9. The first-order chi connectivity index (χ1) is 8.26. The molecule has 0 aromatic heterocycles. The van der Waals surface area contributed by atoms with E-state index in [9.17, 15) is 0 Å². The Morgan fingerprint density at radius 3 is 2.88 bits per heavy atom. The summed E-state index contributed by atoms with van der Waals surface area (Å²) < 4.78 is 11.8. The molecule has 2 heterocycles. The molecule has 17 heavy (non-hydrogen) atoms. The summed E-state index contributed by atoms with van der Waals surface area (Å²) in [6.45, 7) is 2.34. The molecule has 0 amide bonds. The van der Waals surface area contributed by atoms with Crippen LogP contribution in [0.2, 0.25) is 0 Å². The van der Waals surface area contributed by atoms with Crippen LogP contribution in [-0.4, -0.2) is 23.9 Å². The lowest BCUT2D eigenvalue weighted by Crippen LogP contribution is -2.24. The van der Waals surface area contributed by atoms with E-state index in [-0.39, 0.29) is 5.60 Å². The van der Waals surface area contributed by atoms with E-state index < -0.39 is 0 Å². The van der Waals surface area contributed by atoms with Crippen molar-refractivity contribution in [2.75, 3.05) is 0 Å². The predicted octanol–water partition coefficient (Wildman–Crippen LogP) is 3.29. The van der Waals surface area contributed by atoms with Gasteiger partial charge in [0.15, 0.2) is 0 Å². The number of hydrogen-bond donors (Lipinski definition) is 0. The molecule has 4 rings (SSSR count). The van der Waals surface area contributed by atoms with Gasteiger partial charge < -0.3 is 9.47 Å². The van der Waals surface area contributed by atoms with E-state index in [2.05, 4.69) is 6.92 Å². The summed E-state index contributed by atoms with van der Waals surface area (Å²) >= 11 is 0. The van der Waals surface area contributed by atoms with Gasteiger partial charge in [-0.1, -0.05) is 19.3 Å². The molecule has 6 unspecified atom stereocenters. The topological polar surface area (TPSA) is 25.1 Å². The zero-order chi connectivity index (χ0) is 11.5. The van der Waals surface area contributed by atoms with Crippen molar-refractivity contribution >= 4 is 0 Å². The second-order valence-corrected chi connectivity index (χ2v) is 6.90. The zero-order valence-corrected chi connectivity index (χ0v) is 10.9. The highest BCUT2D eigenvalue weighted by molar-refractivity contribution is 5.06. The third-order valence-electron chi connectivity index (χ3n) is 5.68. The molecule has 0 aromatic rings. The highest BCUT2D eigenvalue weighted by Gasteiger charge is 2.58. The van der Waals surface area contributed by atoms with Crippen molar-refractivity contribution in [3.05, 3.63) is 0 Å². The van der Waals surface area contributed by atoms with Gasteiger partial charge in [0.2, 0.25) is 0 Å². The lowest BCUT2D eigenvalue weighted by atomic mass is 9.79. The first kappa shape index (κ1) is 10.8. The maximum absolute atomic E-state index is 6.06. The molecule has 0 radical (unpaired) electrons. The Balaban J connectivity index is 1.49. The van der Waals surface area contributed by atoms with Gasteiger partial charge in [-0.15, -0.1) is 0 Å². The third kappa shape index (κ3) is 1.84. The van der Waals surface area contributed by atoms with Gasteiger partial charge in [-0.3, -0.25) is 0 Å². The van der Waals surface area contributed by atoms with E-state index in [0.29, 0.717) is 18.3 Å². The molecule has 2 saturated heterocycles. The SMILES string of the molecule is CC12CCCCC(C3CCCC4OC4C3)C1O2. The Labute approximate surface area is 104 Å². The van der Waals surface area contributed by atoms with Crippen molar-refractivity contribution in [3.63, 3.8) is 0 Å². The van der Waals surface area contributed by atoms with Gasteiger partial charge in [0.1, 0.15) is 0 Å². The van der Waals surface area contributed by atoms with Crippen LogP contribution < -0.4 is 0 Å². The highest BCUT2D eigenvalue weighted by Crippen LogP contribution is 2.53. The van der Waals surface area contributed by atoms with E-state index in [4.69, 9.17) is 9.47 Å². The molecular formula is C15H24O2. The predicted molar refractivity (Wildman–Crippen MR) is 65.9 cm³/mol. The minimum Gasteiger partial charge on any atom is -0.370 e. The third-order valence-corrected chi connectivity index (χ3v) is 5.68. The Morgan fingerprint density at radius 2 is 1.94 bits per heavy atom. The number of rotatable bonds is 1. The number of epoxide rings is 2. The lowest BCUT2D eigenvalue weighted by Gasteiger charge is -2.24. The molecule has 0 N–H and O–H groups in total. The van der Waals surface area contributed by atoms with Crippen LogP contribution in [0.1, 0.15) is 58.3 Å². The van der Waals surface area contributed by atoms with Crippen LogP contribution in [0, 0.1) is 11.8 Å². The Bertz CT molecular complexity index is 316. The monoisotopic (exact) mass is 236 g/mol. The molecule has 0 bridgehead atoms. The van der Waals surface area contributed by atoms with Crippen LogP contribution in [0.25, 0.3) is 0 Å². The molecule has 2 aliphatic heterocycles. The first-order valence-corrected chi connectivity index (χ1v) is 7.59. The standard InChI is InChI=1S/C15H24O2/c1-15-8-3-2-6-11(14(15)17-15)10-5-4-7-12-13(9-10)16-12/h10-14H,2-9H2,1H3.